The van der Waals surface area contributed by atoms with Gasteiger partial charge in [0.1, 0.15) is 0 Å². The van der Waals surface area contributed by atoms with Crippen molar-refractivity contribution in [2.24, 2.45) is 0 Å². The lowest BCUT2D eigenvalue weighted by Gasteiger charge is -2.14. The van der Waals surface area contributed by atoms with Gasteiger partial charge >= 0.3 is 0 Å². The molecule has 20 heavy (non-hydrogen) atoms. The molecular formula is C13H17N5O2. The van der Waals surface area contributed by atoms with Crippen molar-refractivity contribution in [3.05, 3.63) is 29.7 Å². The molecule has 0 spiro atoms. The summed E-state index contributed by atoms with van der Waals surface area (Å²) in [7, 11) is 0. The number of likely N-dealkylation sites (tertiary alicyclic amines) is 1. The third-order valence-corrected chi connectivity index (χ3v) is 3.57. The van der Waals surface area contributed by atoms with Crippen molar-refractivity contribution in [3.8, 4) is 0 Å². The molecule has 2 aromatic rings. The molecule has 0 saturated carbocycles. The van der Waals surface area contributed by atoms with Crippen LogP contribution in [-0.2, 0) is 6.54 Å². The fourth-order valence-electron chi connectivity index (χ4n) is 2.45. The SMILES string of the molecule is CCn1cc(C(=O)N2CC[C@@H](c3nc(C)no3)C2)cn1. The molecule has 3 rings (SSSR count). The second kappa shape index (κ2) is 5.07. The van der Waals surface area contributed by atoms with Crippen molar-refractivity contribution in [3.63, 3.8) is 0 Å². The molecule has 7 heteroatoms. The summed E-state index contributed by atoms with van der Waals surface area (Å²) >= 11 is 0. The molecule has 0 aliphatic carbocycles. The van der Waals surface area contributed by atoms with Gasteiger partial charge < -0.3 is 9.42 Å². The van der Waals surface area contributed by atoms with Crippen LogP contribution in [0, 0.1) is 6.92 Å². The molecule has 0 unspecified atom stereocenters. The van der Waals surface area contributed by atoms with Gasteiger partial charge in [0.2, 0.25) is 5.89 Å². The highest BCUT2D eigenvalue weighted by Gasteiger charge is 2.31. The molecule has 1 saturated heterocycles. The Bertz CT molecular complexity index is 618. The van der Waals surface area contributed by atoms with Crippen molar-refractivity contribution in [1.82, 2.24) is 24.8 Å². The summed E-state index contributed by atoms with van der Waals surface area (Å²) in [4.78, 5) is 18.4. The number of nitrogens with zero attached hydrogens (tertiary/aromatic N) is 5. The van der Waals surface area contributed by atoms with Gasteiger partial charge in [0.25, 0.3) is 5.91 Å². The maximum Gasteiger partial charge on any atom is 0.257 e. The van der Waals surface area contributed by atoms with E-state index in [2.05, 4.69) is 15.2 Å². The minimum Gasteiger partial charge on any atom is -0.339 e. The first-order valence-corrected chi connectivity index (χ1v) is 6.79. The lowest BCUT2D eigenvalue weighted by molar-refractivity contribution is 0.0789. The van der Waals surface area contributed by atoms with Gasteiger partial charge in [0.15, 0.2) is 5.82 Å². The van der Waals surface area contributed by atoms with Gasteiger partial charge in [-0.3, -0.25) is 9.48 Å². The van der Waals surface area contributed by atoms with Crippen molar-refractivity contribution in [2.45, 2.75) is 32.7 Å². The van der Waals surface area contributed by atoms with Crippen LogP contribution >= 0.6 is 0 Å². The summed E-state index contributed by atoms with van der Waals surface area (Å²) in [6.45, 7) is 5.88. The van der Waals surface area contributed by atoms with Crippen LogP contribution in [0.2, 0.25) is 0 Å². The summed E-state index contributed by atoms with van der Waals surface area (Å²) in [6.07, 6.45) is 4.26. The fraction of sp³-hybridized carbons (Fsp3) is 0.538. The predicted octanol–water partition coefficient (Wildman–Crippen LogP) is 1.22. The van der Waals surface area contributed by atoms with Crippen LogP contribution < -0.4 is 0 Å². The maximum atomic E-state index is 12.4. The van der Waals surface area contributed by atoms with E-state index in [1.807, 2.05) is 11.8 Å². The molecule has 7 nitrogen and oxygen atoms in total. The maximum absolute atomic E-state index is 12.4. The Hall–Kier alpha value is -2.18. The molecule has 1 atom stereocenters. The summed E-state index contributed by atoms with van der Waals surface area (Å²) in [5.74, 6) is 1.42. The zero-order chi connectivity index (χ0) is 14.1. The van der Waals surface area contributed by atoms with Gasteiger partial charge in [-0.1, -0.05) is 5.16 Å². The number of aromatic nitrogens is 4. The number of rotatable bonds is 3. The van der Waals surface area contributed by atoms with Crippen molar-refractivity contribution in [1.29, 1.82) is 0 Å². The number of carbonyl (C=O) groups excluding carboxylic acids is 1. The van der Waals surface area contributed by atoms with E-state index >= 15 is 0 Å². The van der Waals surface area contributed by atoms with Crippen LogP contribution in [0.15, 0.2) is 16.9 Å². The quantitative estimate of drug-likeness (QED) is 0.841. The monoisotopic (exact) mass is 275 g/mol. The van der Waals surface area contributed by atoms with E-state index in [4.69, 9.17) is 4.52 Å². The van der Waals surface area contributed by atoms with Crippen LogP contribution in [0.3, 0.4) is 0 Å². The molecule has 106 valence electrons. The smallest absolute Gasteiger partial charge is 0.257 e. The van der Waals surface area contributed by atoms with E-state index in [9.17, 15) is 4.79 Å². The zero-order valence-corrected chi connectivity index (χ0v) is 11.6. The molecule has 1 amide bonds. The van der Waals surface area contributed by atoms with E-state index in [1.54, 1.807) is 24.0 Å². The minimum absolute atomic E-state index is 0.0171. The van der Waals surface area contributed by atoms with Crippen molar-refractivity contribution < 1.29 is 9.32 Å². The third-order valence-electron chi connectivity index (χ3n) is 3.57. The molecule has 1 aliphatic rings. The third kappa shape index (κ3) is 2.31. The molecule has 0 N–H and O–H groups in total. The fourth-order valence-corrected chi connectivity index (χ4v) is 2.45. The van der Waals surface area contributed by atoms with Crippen LogP contribution in [0.4, 0.5) is 0 Å². The first-order valence-electron chi connectivity index (χ1n) is 6.79. The van der Waals surface area contributed by atoms with Crippen LogP contribution in [0.1, 0.15) is 41.3 Å². The summed E-state index contributed by atoms with van der Waals surface area (Å²) < 4.78 is 6.94. The second-order valence-electron chi connectivity index (χ2n) is 5.00. The Morgan fingerprint density at radius 2 is 2.40 bits per heavy atom. The highest BCUT2D eigenvalue weighted by Crippen LogP contribution is 2.26. The van der Waals surface area contributed by atoms with Gasteiger partial charge in [0.05, 0.1) is 17.7 Å². The number of aryl methyl sites for hydroxylation is 2. The Morgan fingerprint density at radius 1 is 1.55 bits per heavy atom. The van der Waals surface area contributed by atoms with Crippen LogP contribution in [0.25, 0.3) is 0 Å². The topological polar surface area (TPSA) is 77.0 Å². The molecule has 0 bridgehead atoms. The lowest BCUT2D eigenvalue weighted by atomic mass is 10.1. The highest BCUT2D eigenvalue weighted by atomic mass is 16.5. The van der Waals surface area contributed by atoms with Gasteiger partial charge in [-0.2, -0.15) is 10.1 Å². The molecule has 3 heterocycles. The number of hydrogen-bond acceptors (Lipinski definition) is 5. The first-order chi connectivity index (χ1) is 9.67. The Balaban J connectivity index is 1.69. The molecule has 0 radical (unpaired) electrons. The van der Waals surface area contributed by atoms with Gasteiger partial charge in [-0.05, 0) is 20.3 Å². The summed E-state index contributed by atoms with van der Waals surface area (Å²) in [6, 6.07) is 0. The van der Waals surface area contributed by atoms with Crippen LogP contribution in [-0.4, -0.2) is 43.8 Å². The average molecular weight is 275 g/mol. The normalized spacial score (nSPS) is 18.7. The van der Waals surface area contributed by atoms with E-state index in [-0.39, 0.29) is 11.8 Å². The van der Waals surface area contributed by atoms with Crippen molar-refractivity contribution in [2.75, 3.05) is 13.1 Å². The van der Waals surface area contributed by atoms with Gasteiger partial charge in [0, 0.05) is 25.8 Å². The molecule has 1 aliphatic heterocycles. The van der Waals surface area contributed by atoms with E-state index in [1.165, 1.54) is 0 Å². The van der Waals surface area contributed by atoms with Gasteiger partial charge in [-0.25, -0.2) is 0 Å². The second-order valence-corrected chi connectivity index (χ2v) is 5.00. The number of amides is 1. The van der Waals surface area contributed by atoms with E-state index in [0.717, 1.165) is 13.0 Å². The predicted molar refractivity (Wildman–Crippen MR) is 70.2 cm³/mol. The van der Waals surface area contributed by atoms with Gasteiger partial charge in [-0.15, -0.1) is 0 Å². The zero-order valence-electron chi connectivity index (χ0n) is 11.6. The van der Waals surface area contributed by atoms with E-state index < -0.39 is 0 Å². The Kier molecular flexibility index (Phi) is 3.25. The summed E-state index contributed by atoms with van der Waals surface area (Å²) in [5, 5.41) is 7.94. The number of carbonyl (C=O) groups is 1. The Labute approximate surface area is 116 Å². The molecule has 0 aromatic carbocycles. The molecular weight excluding hydrogens is 258 g/mol. The summed E-state index contributed by atoms with van der Waals surface area (Å²) in [5.41, 5.74) is 0.634. The standard InChI is InChI=1S/C13H17N5O2/c1-3-18-8-11(6-14-18)13(19)17-5-4-10(7-17)12-15-9(2)16-20-12/h6,8,10H,3-5,7H2,1-2H3/t10-/m1/s1. The number of hydrogen-bond donors (Lipinski definition) is 0. The Morgan fingerprint density at radius 3 is 3.05 bits per heavy atom. The lowest BCUT2D eigenvalue weighted by Crippen LogP contribution is -2.28. The molecule has 1 fully saturated rings. The first kappa shape index (κ1) is 12.8. The minimum atomic E-state index is 0.0171. The molecule has 2 aromatic heterocycles. The van der Waals surface area contributed by atoms with E-state index in [0.29, 0.717) is 30.4 Å². The average Bonchev–Trinajstić information content (AvgIpc) is 3.17. The van der Waals surface area contributed by atoms with Crippen LogP contribution in [0.5, 0.6) is 0 Å². The highest BCUT2D eigenvalue weighted by molar-refractivity contribution is 5.93. The largest absolute Gasteiger partial charge is 0.339 e. The van der Waals surface area contributed by atoms with Crippen molar-refractivity contribution >= 4 is 5.91 Å².